The largest absolute Gasteiger partial charge is 0.349 e. The lowest BCUT2D eigenvalue weighted by Gasteiger charge is -2.14. The van der Waals surface area contributed by atoms with E-state index in [9.17, 15) is 9.18 Å². The summed E-state index contributed by atoms with van der Waals surface area (Å²) >= 11 is 5.08. The Balaban J connectivity index is 0.000000596. The molecule has 0 saturated carbocycles. The van der Waals surface area contributed by atoms with Crippen LogP contribution in [-0.2, 0) is 6.42 Å². The summed E-state index contributed by atoms with van der Waals surface area (Å²) in [7, 11) is 0. The summed E-state index contributed by atoms with van der Waals surface area (Å²) in [5, 5.41) is 4.21. The van der Waals surface area contributed by atoms with E-state index < -0.39 is 0 Å². The SMILES string of the molecule is C=C(C)Cl.CC(Cc1ccccc1)NC(=O)c1cnc2c(F)cccc2c1. The molecule has 0 aliphatic carbocycles. The van der Waals surface area contributed by atoms with Gasteiger partial charge in [-0.25, -0.2) is 4.39 Å². The van der Waals surface area contributed by atoms with Crippen molar-refractivity contribution in [2.45, 2.75) is 26.3 Å². The number of para-hydroxylation sites is 1. The summed E-state index contributed by atoms with van der Waals surface area (Å²) in [5.74, 6) is -0.584. The molecule has 3 nitrogen and oxygen atoms in total. The van der Waals surface area contributed by atoms with Crippen LogP contribution in [0.5, 0.6) is 0 Å². The molecular formula is C22H22ClFN2O. The van der Waals surface area contributed by atoms with Gasteiger partial charge in [0.15, 0.2) is 0 Å². The first-order valence-corrected chi connectivity index (χ1v) is 8.94. The van der Waals surface area contributed by atoms with Crippen LogP contribution in [0.4, 0.5) is 4.39 Å². The fourth-order valence-electron chi connectivity index (χ4n) is 2.57. The number of nitrogens with one attached hydrogen (secondary N) is 1. The average Bonchev–Trinajstić information content (AvgIpc) is 2.62. The summed E-state index contributed by atoms with van der Waals surface area (Å²) in [6, 6.07) is 16.4. The van der Waals surface area contributed by atoms with Crippen molar-refractivity contribution in [2.24, 2.45) is 0 Å². The molecule has 140 valence electrons. The Bertz CT molecular complexity index is 924. The minimum atomic E-state index is -0.382. The molecule has 1 aromatic heterocycles. The van der Waals surface area contributed by atoms with E-state index in [2.05, 4.69) is 16.9 Å². The number of benzene rings is 2. The average molecular weight is 385 g/mol. The predicted octanol–water partition coefficient (Wildman–Crippen LogP) is 5.49. The number of carbonyl (C=O) groups excluding carboxylic acids is 1. The topological polar surface area (TPSA) is 42.0 Å². The van der Waals surface area contributed by atoms with Crippen LogP contribution in [0.25, 0.3) is 10.9 Å². The Morgan fingerprint density at radius 3 is 2.56 bits per heavy atom. The molecule has 1 heterocycles. The first-order chi connectivity index (χ1) is 12.9. The van der Waals surface area contributed by atoms with Crippen molar-refractivity contribution < 1.29 is 9.18 Å². The van der Waals surface area contributed by atoms with Crippen molar-refractivity contribution in [3.05, 3.63) is 89.3 Å². The van der Waals surface area contributed by atoms with Gasteiger partial charge in [-0.1, -0.05) is 60.6 Å². The van der Waals surface area contributed by atoms with Crippen LogP contribution in [0, 0.1) is 5.82 Å². The minimum absolute atomic E-state index is 0.00638. The summed E-state index contributed by atoms with van der Waals surface area (Å²) < 4.78 is 13.6. The lowest BCUT2D eigenvalue weighted by atomic mass is 10.1. The fraction of sp³-hybridized carbons (Fsp3) is 0.182. The predicted molar refractivity (Wildman–Crippen MR) is 109 cm³/mol. The number of amides is 1. The molecule has 0 aliphatic heterocycles. The van der Waals surface area contributed by atoms with Crippen molar-refractivity contribution >= 4 is 28.4 Å². The number of halogens is 2. The van der Waals surface area contributed by atoms with E-state index in [-0.39, 0.29) is 23.3 Å². The Morgan fingerprint density at radius 1 is 1.22 bits per heavy atom. The molecule has 27 heavy (non-hydrogen) atoms. The molecule has 2 aromatic carbocycles. The molecular weight excluding hydrogens is 363 g/mol. The van der Waals surface area contributed by atoms with Gasteiger partial charge in [-0.3, -0.25) is 9.78 Å². The quantitative estimate of drug-likeness (QED) is 0.645. The van der Waals surface area contributed by atoms with Gasteiger partial charge in [-0.2, -0.15) is 0 Å². The van der Waals surface area contributed by atoms with Gasteiger partial charge in [0.2, 0.25) is 0 Å². The first kappa shape index (κ1) is 20.6. The van der Waals surface area contributed by atoms with E-state index in [1.165, 1.54) is 17.8 Å². The minimum Gasteiger partial charge on any atom is -0.349 e. The zero-order valence-electron chi connectivity index (χ0n) is 15.4. The monoisotopic (exact) mass is 384 g/mol. The molecule has 0 spiro atoms. The van der Waals surface area contributed by atoms with Gasteiger partial charge >= 0.3 is 0 Å². The number of fused-ring (bicyclic) bond motifs is 1. The molecule has 5 heteroatoms. The number of pyridine rings is 1. The summed E-state index contributed by atoms with van der Waals surface area (Å²) in [6.45, 7) is 7.02. The molecule has 1 atom stereocenters. The van der Waals surface area contributed by atoms with Crippen LogP contribution < -0.4 is 5.32 Å². The molecule has 0 aliphatic rings. The number of allylic oxidation sites excluding steroid dienone is 1. The van der Waals surface area contributed by atoms with E-state index in [0.29, 0.717) is 16.0 Å². The molecule has 1 unspecified atom stereocenters. The molecule has 3 aromatic rings. The maximum Gasteiger partial charge on any atom is 0.253 e. The number of hydrogen-bond donors (Lipinski definition) is 1. The van der Waals surface area contributed by atoms with Gasteiger partial charge < -0.3 is 5.32 Å². The molecule has 0 fully saturated rings. The van der Waals surface area contributed by atoms with Crippen molar-refractivity contribution in [3.8, 4) is 0 Å². The third-order valence-corrected chi connectivity index (χ3v) is 3.69. The lowest BCUT2D eigenvalue weighted by molar-refractivity contribution is 0.0940. The Morgan fingerprint density at radius 2 is 1.89 bits per heavy atom. The van der Waals surface area contributed by atoms with E-state index in [1.807, 2.05) is 37.3 Å². The van der Waals surface area contributed by atoms with Crippen molar-refractivity contribution in [2.75, 3.05) is 0 Å². The summed E-state index contributed by atoms with van der Waals surface area (Å²) in [4.78, 5) is 16.4. The van der Waals surface area contributed by atoms with Gasteiger partial charge in [0.1, 0.15) is 11.3 Å². The zero-order chi connectivity index (χ0) is 19.8. The molecule has 1 N–H and O–H groups in total. The highest BCUT2D eigenvalue weighted by Gasteiger charge is 2.12. The number of aromatic nitrogens is 1. The van der Waals surface area contributed by atoms with Crippen LogP contribution in [0.3, 0.4) is 0 Å². The van der Waals surface area contributed by atoms with E-state index in [4.69, 9.17) is 11.6 Å². The Labute approximate surface area is 163 Å². The third-order valence-electron chi connectivity index (χ3n) is 3.69. The van der Waals surface area contributed by atoms with Gasteiger partial charge in [0, 0.05) is 22.7 Å². The third kappa shape index (κ3) is 6.50. The van der Waals surface area contributed by atoms with Gasteiger partial charge in [-0.05, 0) is 38.0 Å². The maximum atomic E-state index is 13.6. The number of hydrogen-bond acceptors (Lipinski definition) is 2. The van der Waals surface area contributed by atoms with Gasteiger partial charge in [-0.15, -0.1) is 0 Å². The fourth-order valence-corrected chi connectivity index (χ4v) is 2.57. The number of rotatable bonds is 4. The number of carbonyl (C=O) groups is 1. The second-order valence-electron chi connectivity index (χ2n) is 6.28. The van der Waals surface area contributed by atoms with Gasteiger partial charge in [0.25, 0.3) is 5.91 Å². The Kier molecular flexibility index (Phi) is 7.50. The van der Waals surface area contributed by atoms with Crippen LogP contribution in [0.1, 0.15) is 29.8 Å². The smallest absolute Gasteiger partial charge is 0.253 e. The standard InChI is InChI=1S/C19H17FN2O.C3H5Cl/c1-13(10-14-6-3-2-4-7-14)22-19(23)16-11-15-8-5-9-17(20)18(15)21-12-16;1-3(2)4/h2-9,11-13H,10H2,1H3,(H,22,23);1H2,2H3. The van der Waals surface area contributed by atoms with Crippen LogP contribution in [0.2, 0.25) is 0 Å². The van der Waals surface area contributed by atoms with Crippen molar-refractivity contribution in [1.29, 1.82) is 0 Å². The van der Waals surface area contributed by atoms with Crippen LogP contribution >= 0.6 is 11.6 Å². The summed E-state index contributed by atoms with van der Waals surface area (Å²) in [6.07, 6.45) is 2.16. The van der Waals surface area contributed by atoms with Crippen LogP contribution in [-0.4, -0.2) is 16.9 Å². The second kappa shape index (κ2) is 9.83. The molecule has 0 radical (unpaired) electrons. The Hall–Kier alpha value is -2.72. The number of nitrogens with zero attached hydrogens (tertiary/aromatic N) is 1. The molecule has 0 saturated heterocycles. The van der Waals surface area contributed by atoms with Crippen molar-refractivity contribution in [3.63, 3.8) is 0 Å². The van der Waals surface area contributed by atoms with Crippen molar-refractivity contribution in [1.82, 2.24) is 10.3 Å². The van der Waals surface area contributed by atoms with E-state index in [1.54, 1.807) is 25.1 Å². The second-order valence-corrected chi connectivity index (χ2v) is 6.92. The maximum absolute atomic E-state index is 13.6. The molecule has 0 bridgehead atoms. The molecule has 3 rings (SSSR count). The zero-order valence-corrected chi connectivity index (χ0v) is 16.1. The first-order valence-electron chi connectivity index (χ1n) is 8.57. The lowest BCUT2D eigenvalue weighted by Crippen LogP contribution is -2.34. The molecule has 1 amide bonds. The highest BCUT2D eigenvalue weighted by Crippen LogP contribution is 2.16. The van der Waals surface area contributed by atoms with E-state index in [0.717, 1.165) is 6.42 Å². The van der Waals surface area contributed by atoms with E-state index >= 15 is 0 Å². The highest BCUT2D eigenvalue weighted by atomic mass is 35.5. The highest BCUT2D eigenvalue weighted by molar-refractivity contribution is 6.28. The normalized spacial score (nSPS) is 11.3. The van der Waals surface area contributed by atoms with Gasteiger partial charge in [0.05, 0.1) is 5.56 Å². The summed E-state index contributed by atoms with van der Waals surface area (Å²) in [5.41, 5.74) is 1.88. The van der Waals surface area contributed by atoms with Crippen LogP contribution in [0.15, 0.2) is 72.4 Å².